The molecule has 1 heterocycles. The molecular formula is C17H25N3O3. The maximum Gasteiger partial charge on any atom is 0.321 e. The summed E-state index contributed by atoms with van der Waals surface area (Å²) >= 11 is 0. The Hall–Kier alpha value is -1.92. The minimum absolute atomic E-state index is 0.0842. The van der Waals surface area contributed by atoms with Gasteiger partial charge in [0.05, 0.1) is 18.2 Å². The maximum absolute atomic E-state index is 12.2. The third-order valence-electron chi connectivity index (χ3n) is 3.91. The number of rotatable bonds is 4. The third kappa shape index (κ3) is 5.33. The highest BCUT2D eigenvalue weighted by atomic mass is 16.5. The highest BCUT2D eigenvalue weighted by molar-refractivity contribution is 5.96. The van der Waals surface area contributed by atoms with Crippen molar-refractivity contribution < 1.29 is 14.3 Å². The van der Waals surface area contributed by atoms with Gasteiger partial charge in [-0.15, -0.1) is 0 Å². The number of nitrogens with zero attached hydrogens (tertiary/aromatic N) is 1. The second-order valence-electron chi connectivity index (χ2n) is 6.04. The van der Waals surface area contributed by atoms with E-state index >= 15 is 0 Å². The molecular weight excluding hydrogens is 294 g/mol. The van der Waals surface area contributed by atoms with Crippen molar-refractivity contribution in [3.05, 3.63) is 35.9 Å². The Morgan fingerprint density at radius 1 is 1.22 bits per heavy atom. The molecule has 1 aliphatic heterocycles. The molecule has 1 aromatic carbocycles. The molecule has 0 aliphatic carbocycles. The van der Waals surface area contributed by atoms with Crippen molar-refractivity contribution in [2.75, 3.05) is 13.1 Å². The Kier molecular flexibility index (Phi) is 6.12. The van der Waals surface area contributed by atoms with E-state index in [-0.39, 0.29) is 24.2 Å². The van der Waals surface area contributed by atoms with Gasteiger partial charge in [0, 0.05) is 19.6 Å². The lowest BCUT2D eigenvalue weighted by Gasteiger charge is -2.38. The number of carbonyl (C=O) groups is 2. The monoisotopic (exact) mass is 319 g/mol. The van der Waals surface area contributed by atoms with Crippen LogP contribution in [0.2, 0.25) is 0 Å². The lowest BCUT2D eigenvalue weighted by atomic mass is 10.1. The molecule has 126 valence electrons. The summed E-state index contributed by atoms with van der Waals surface area (Å²) in [7, 11) is 0. The number of ether oxygens (including phenoxy) is 1. The SMILES string of the molecule is C[C@@H]1CN([C@H](C)C(=O)NC(=O)NCc2ccccc2)C[C@@H](C)O1. The number of imide groups is 1. The summed E-state index contributed by atoms with van der Waals surface area (Å²) in [4.78, 5) is 26.1. The van der Waals surface area contributed by atoms with E-state index in [9.17, 15) is 9.59 Å². The van der Waals surface area contributed by atoms with Gasteiger partial charge < -0.3 is 10.1 Å². The Morgan fingerprint density at radius 2 is 1.83 bits per heavy atom. The summed E-state index contributed by atoms with van der Waals surface area (Å²) in [5.74, 6) is -0.295. The Balaban J connectivity index is 1.79. The van der Waals surface area contributed by atoms with Crippen molar-refractivity contribution in [3.63, 3.8) is 0 Å². The van der Waals surface area contributed by atoms with Gasteiger partial charge in [-0.05, 0) is 26.3 Å². The Labute approximate surface area is 137 Å². The van der Waals surface area contributed by atoms with E-state index in [0.717, 1.165) is 5.56 Å². The number of carbonyl (C=O) groups excluding carboxylic acids is 2. The number of amides is 3. The second kappa shape index (κ2) is 8.08. The van der Waals surface area contributed by atoms with E-state index < -0.39 is 6.03 Å². The number of benzene rings is 1. The molecule has 3 atom stereocenters. The van der Waals surface area contributed by atoms with Gasteiger partial charge in [0.15, 0.2) is 0 Å². The Bertz CT molecular complexity index is 525. The van der Waals surface area contributed by atoms with E-state index in [0.29, 0.717) is 19.6 Å². The number of morpholine rings is 1. The van der Waals surface area contributed by atoms with Crippen LogP contribution >= 0.6 is 0 Å². The highest BCUT2D eigenvalue weighted by Gasteiger charge is 2.29. The fourth-order valence-electron chi connectivity index (χ4n) is 2.74. The first-order chi connectivity index (χ1) is 11.0. The van der Waals surface area contributed by atoms with Gasteiger partial charge in [0.25, 0.3) is 0 Å². The van der Waals surface area contributed by atoms with Crippen molar-refractivity contribution in [3.8, 4) is 0 Å². The van der Waals surface area contributed by atoms with Crippen molar-refractivity contribution in [1.82, 2.24) is 15.5 Å². The number of nitrogens with one attached hydrogen (secondary N) is 2. The van der Waals surface area contributed by atoms with Crippen LogP contribution in [-0.2, 0) is 16.1 Å². The molecule has 0 spiro atoms. The van der Waals surface area contributed by atoms with Gasteiger partial charge in [-0.25, -0.2) is 4.79 Å². The third-order valence-corrected chi connectivity index (χ3v) is 3.91. The normalized spacial score (nSPS) is 23.1. The van der Waals surface area contributed by atoms with Gasteiger partial charge in [-0.2, -0.15) is 0 Å². The van der Waals surface area contributed by atoms with Gasteiger partial charge in [-0.1, -0.05) is 30.3 Å². The van der Waals surface area contributed by atoms with Crippen LogP contribution in [0, 0.1) is 0 Å². The van der Waals surface area contributed by atoms with E-state index in [1.165, 1.54) is 0 Å². The van der Waals surface area contributed by atoms with Crippen LogP contribution < -0.4 is 10.6 Å². The van der Waals surface area contributed by atoms with Crippen molar-refractivity contribution in [2.24, 2.45) is 0 Å². The largest absolute Gasteiger partial charge is 0.373 e. The number of hydrogen-bond acceptors (Lipinski definition) is 4. The molecule has 3 amide bonds. The molecule has 0 unspecified atom stereocenters. The van der Waals surface area contributed by atoms with Crippen LogP contribution in [0.5, 0.6) is 0 Å². The molecule has 0 bridgehead atoms. The molecule has 1 aromatic rings. The lowest BCUT2D eigenvalue weighted by Crippen LogP contribution is -2.55. The summed E-state index contributed by atoms with van der Waals surface area (Å²) in [6, 6.07) is 8.72. The zero-order valence-corrected chi connectivity index (χ0v) is 13.9. The van der Waals surface area contributed by atoms with Crippen LogP contribution in [0.25, 0.3) is 0 Å². The molecule has 6 heteroatoms. The molecule has 1 fully saturated rings. The van der Waals surface area contributed by atoms with Crippen LogP contribution in [0.1, 0.15) is 26.3 Å². The standard InChI is InChI=1S/C17H25N3O3/c1-12-10-20(11-13(2)23-12)14(3)16(21)19-17(22)18-9-15-7-5-4-6-8-15/h4-8,12-14H,9-11H2,1-3H3,(H2,18,19,21,22)/t12-,13-,14-/m1/s1. The topological polar surface area (TPSA) is 70.7 Å². The van der Waals surface area contributed by atoms with E-state index in [2.05, 4.69) is 10.6 Å². The minimum Gasteiger partial charge on any atom is -0.373 e. The first-order valence-electron chi connectivity index (χ1n) is 7.98. The Morgan fingerprint density at radius 3 is 2.43 bits per heavy atom. The van der Waals surface area contributed by atoms with Gasteiger partial charge in [0.1, 0.15) is 0 Å². The molecule has 23 heavy (non-hydrogen) atoms. The number of urea groups is 1. The number of hydrogen-bond donors (Lipinski definition) is 2. The quantitative estimate of drug-likeness (QED) is 0.882. The zero-order chi connectivity index (χ0) is 16.8. The summed E-state index contributed by atoms with van der Waals surface area (Å²) in [6.07, 6.45) is 0.168. The first kappa shape index (κ1) is 17.4. The zero-order valence-electron chi connectivity index (χ0n) is 13.9. The molecule has 6 nitrogen and oxygen atoms in total. The van der Waals surface area contributed by atoms with E-state index in [4.69, 9.17) is 4.74 Å². The average Bonchev–Trinajstić information content (AvgIpc) is 2.52. The van der Waals surface area contributed by atoms with Crippen LogP contribution in [0.3, 0.4) is 0 Å². The predicted octanol–water partition coefficient (Wildman–Crippen LogP) is 1.51. The second-order valence-corrected chi connectivity index (χ2v) is 6.04. The van der Waals surface area contributed by atoms with Gasteiger partial charge in [-0.3, -0.25) is 15.0 Å². The van der Waals surface area contributed by atoms with E-state index in [1.807, 2.05) is 56.0 Å². The highest BCUT2D eigenvalue weighted by Crippen LogP contribution is 2.13. The van der Waals surface area contributed by atoms with Crippen molar-refractivity contribution in [1.29, 1.82) is 0 Å². The van der Waals surface area contributed by atoms with Crippen molar-refractivity contribution >= 4 is 11.9 Å². The summed E-state index contributed by atoms with van der Waals surface area (Å²) in [6.45, 7) is 7.54. The smallest absolute Gasteiger partial charge is 0.321 e. The lowest BCUT2D eigenvalue weighted by molar-refractivity contribution is -0.130. The van der Waals surface area contributed by atoms with Crippen LogP contribution in [-0.4, -0.2) is 48.2 Å². The summed E-state index contributed by atoms with van der Waals surface area (Å²) in [5.41, 5.74) is 0.985. The van der Waals surface area contributed by atoms with E-state index in [1.54, 1.807) is 0 Å². The molecule has 1 saturated heterocycles. The van der Waals surface area contributed by atoms with Gasteiger partial charge in [0.2, 0.25) is 5.91 Å². The molecule has 2 rings (SSSR count). The molecule has 1 aliphatic rings. The molecule has 0 saturated carbocycles. The molecule has 2 N–H and O–H groups in total. The maximum atomic E-state index is 12.2. The molecule has 0 aromatic heterocycles. The molecule has 0 radical (unpaired) electrons. The van der Waals surface area contributed by atoms with Crippen molar-refractivity contribution in [2.45, 2.75) is 45.6 Å². The fraction of sp³-hybridized carbons (Fsp3) is 0.529. The summed E-state index contributed by atoms with van der Waals surface area (Å²) in [5, 5.41) is 5.10. The minimum atomic E-state index is -0.472. The summed E-state index contributed by atoms with van der Waals surface area (Å²) < 4.78 is 5.66. The van der Waals surface area contributed by atoms with Crippen LogP contribution in [0.15, 0.2) is 30.3 Å². The average molecular weight is 319 g/mol. The fourth-order valence-corrected chi connectivity index (χ4v) is 2.74. The van der Waals surface area contributed by atoms with Crippen LogP contribution in [0.4, 0.5) is 4.79 Å². The first-order valence-corrected chi connectivity index (χ1v) is 7.98. The predicted molar refractivity (Wildman–Crippen MR) is 87.9 cm³/mol. The van der Waals surface area contributed by atoms with Gasteiger partial charge >= 0.3 is 6.03 Å².